The average Bonchev–Trinajstić information content (AvgIpc) is 2.62. The number of ether oxygens (including phenoxy) is 1. The molecule has 3 aromatic rings. The molecular weight excluding hydrogens is 300 g/mol. The van der Waals surface area contributed by atoms with E-state index in [1.807, 2.05) is 54.6 Å². The van der Waals surface area contributed by atoms with Crippen LogP contribution in [0.2, 0.25) is 0 Å². The Kier molecular flexibility index (Phi) is 4.77. The summed E-state index contributed by atoms with van der Waals surface area (Å²) in [7, 11) is 1.59. The Morgan fingerprint density at radius 3 is 2.50 bits per heavy atom. The van der Waals surface area contributed by atoms with Crippen LogP contribution in [0, 0.1) is 0 Å². The standard InChI is InChI=1S/C20H18N2O2/c1-24-19-10-11-20(23)15(12-19)14-21-17-8-5-9-18(13-17)22-16-6-3-2-4-7-16/h2-14,22-23H,1H3. The van der Waals surface area contributed by atoms with Gasteiger partial charge in [-0.15, -0.1) is 0 Å². The van der Waals surface area contributed by atoms with Gasteiger partial charge < -0.3 is 15.2 Å². The molecule has 120 valence electrons. The highest BCUT2D eigenvalue weighted by molar-refractivity contribution is 5.86. The van der Waals surface area contributed by atoms with Gasteiger partial charge in [0.15, 0.2) is 0 Å². The number of benzene rings is 3. The molecule has 24 heavy (non-hydrogen) atoms. The Bertz CT molecular complexity index is 845. The van der Waals surface area contributed by atoms with Crippen LogP contribution in [0.1, 0.15) is 5.56 Å². The maximum atomic E-state index is 9.90. The first-order valence-corrected chi connectivity index (χ1v) is 7.58. The fraction of sp³-hybridized carbons (Fsp3) is 0.0500. The number of para-hydroxylation sites is 1. The molecule has 0 bridgehead atoms. The molecule has 0 aliphatic rings. The van der Waals surface area contributed by atoms with Gasteiger partial charge in [-0.2, -0.15) is 0 Å². The summed E-state index contributed by atoms with van der Waals surface area (Å²) in [6.45, 7) is 0. The minimum atomic E-state index is 0.165. The largest absolute Gasteiger partial charge is 0.507 e. The summed E-state index contributed by atoms with van der Waals surface area (Å²) in [5, 5.41) is 13.2. The Balaban J connectivity index is 1.79. The number of phenolic OH excluding ortho intramolecular Hbond substituents is 1. The topological polar surface area (TPSA) is 53.9 Å². The van der Waals surface area contributed by atoms with Crippen LogP contribution in [-0.4, -0.2) is 18.4 Å². The van der Waals surface area contributed by atoms with Gasteiger partial charge in [0.25, 0.3) is 0 Å². The van der Waals surface area contributed by atoms with E-state index < -0.39 is 0 Å². The summed E-state index contributed by atoms with van der Waals surface area (Å²) in [4.78, 5) is 4.43. The fourth-order valence-corrected chi connectivity index (χ4v) is 2.26. The third kappa shape index (κ3) is 3.93. The number of nitrogens with zero attached hydrogens (tertiary/aromatic N) is 1. The van der Waals surface area contributed by atoms with Crippen molar-refractivity contribution in [1.29, 1.82) is 0 Å². The van der Waals surface area contributed by atoms with Gasteiger partial charge >= 0.3 is 0 Å². The molecule has 3 aromatic carbocycles. The van der Waals surface area contributed by atoms with Crippen LogP contribution in [0.3, 0.4) is 0 Å². The number of hydrogen-bond donors (Lipinski definition) is 2. The molecule has 0 aromatic heterocycles. The minimum absolute atomic E-state index is 0.165. The van der Waals surface area contributed by atoms with E-state index in [0.29, 0.717) is 11.3 Å². The molecule has 0 radical (unpaired) electrons. The van der Waals surface area contributed by atoms with E-state index in [0.717, 1.165) is 17.1 Å². The normalized spacial score (nSPS) is 10.7. The summed E-state index contributed by atoms with van der Waals surface area (Å²) in [5.41, 5.74) is 3.36. The molecule has 3 rings (SSSR count). The number of nitrogens with one attached hydrogen (secondary N) is 1. The van der Waals surface area contributed by atoms with Crippen molar-refractivity contribution in [3.63, 3.8) is 0 Å². The van der Waals surface area contributed by atoms with E-state index in [-0.39, 0.29) is 5.75 Å². The summed E-state index contributed by atoms with van der Waals surface area (Å²) < 4.78 is 5.16. The zero-order chi connectivity index (χ0) is 16.8. The first kappa shape index (κ1) is 15.6. The first-order valence-electron chi connectivity index (χ1n) is 7.58. The van der Waals surface area contributed by atoms with Crippen LogP contribution in [0.25, 0.3) is 0 Å². The maximum Gasteiger partial charge on any atom is 0.124 e. The lowest BCUT2D eigenvalue weighted by molar-refractivity contribution is 0.412. The lowest BCUT2D eigenvalue weighted by Crippen LogP contribution is -1.89. The number of aromatic hydroxyl groups is 1. The Hall–Kier alpha value is -3.27. The molecule has 0 saturated heterocycles. The number of methoxy groups -OCH3 is 1. The molecule has 0 amide bonds. The zero-order valence-electron chi connectivity index (χ0n) is 13.3. The SMILES string of the molecule is COc1ccc(O)c(C=Nc2cccc(Nc3ccccc3)c2)c1. The van der Waals surface area contributed by atoms with Crippen LogP contribution >= 0.6 is 0 Å². The van der Waals surface area contributed by atoms with Crippen molar-refractivity contribution >= 4 is 23.3 Å². The van der Waals surface area contributed by atoms with Crippen LogP contribution in [0.4, 0.5) is 17.1 Å². The molecule has 0 fully saturated rings. The van der Waals surface area contributed by atoms with Crippen molar-refractivity contribution < 1.29 is 9.84 Å². The van der Waals surface area contributed by atoms with Crippen molar-refractivity contribution in [1.82, 2.24) is 0 Å². The van der Waals surface area contributed by atoms with E-state index in [4.69, 9.17) is 4.74 Å². The summed E-state index contributed by atoms with van der Waals surface area (Å²) >= 11 is 0. The van der Waals surface area contributed by atoms with E-state index in [9.17, 15) is 5.11 Å². The smallest absolute Gasteiger partial charge is 0.124 e. The number of phenols is 1. The molecular formula is C20H18N2O2. The van der Waals surface area contributed by atoms with Gasteiger partial charge in [-0.05, 0) is 48.5 Å². The van der Waals surface area contributed by atoms with Crippen molar-refractivity contribution in [2.75, 3.05) is 12.4 Å². The zero-order valence-corrected chi connectivity index (χ0v) is 13.3. The first-order chi connectivity index (χ1) is 11.7. The molecule has 4 heteroatoms. The molecule has 0 atom stereocenters. The second-order valence-corrected chi connectivity index (χ2v) is 5.22. The highest BCUT2D eigenvalue weighted by Crippen LogP contribution is 2.24. The molecule has 0 aliphatic carbocycles. The van der Waals surface area contributed by atoms with Crippen LogP contribution in [-0.2, 0) is 0 Å². The Labute approximate surface area is 141 Å². The summed E-state index contributed by atoms with van der Waals surface area (Å²) in [6.07, 6.45) is 1.62. The van der Waals surface area contributed by atoms with Crippen molar-refractivity contribution in [2.45, 2.75) is 0 Å². The average molecular weight is 318 g/mol. The van der Waals surface area contributed by atoms with Crippen LogP contribution in [0.5, 0.6) is 11.5 Å². The van der Waals surface area contributed by atoms with Gasteiger partial charge in [-0.25, -0.2) is 0 Å². The second-order valence-electron chi connectivity index (χ2n) is 5.22. The Morgan fingerprint density at radius 1 is 0.917 bits per heavy atom. The maximum absolute atomic E-state index is 9.90. The van der Waals surface area contributed by atoms with Crippen molar-refractivity contribution in [3.8, 4) is 11.5 Å². The molecule has 0 spiro atoms. The molecule has 0 heterocycles. The lowest BCUT2D eigenvalue weighted by Gasteiger charge is -2.07. The third-order valence-corrected chi connectivity index (χ3v) is 3.50. The minimum Gasteiger partial charge on any atom is -0.507 e. The van der Waals surface area contributed by atoms with E-state index >= 15 is 0 Å². The van der Waals surface area contributed by atoms with Gasteiger partial charge in [0.1, 0.15) is 11.5 Å². The third-order valence-electron chi connectivity index (χ3n) is 3.50. The highest BCUT2D eigenvalue weighted by Gasteiger charge is 2.01. The number of rotatable bonds is 5. The molecule has 0 saturated carbocycles. The molecule has 0 aliphatic heterocycles. The summed E-state index contributed by atoms with van der Waals surface area (Å²) in [5.74, 6) is 0.840. The Morgan fingerprint density at radius 2 is 1.71 bits per heavy atom. The van der Waals surface area contributed by atoms with Gasteiger partial charge in [0.05, 0.1) is 12.8 Å². The summed E-state index contributed by atoms with van der Waals surface area (Å²) in [6, 6.07) is 22.8. The van der Waals surface area contributed by atoms with Crippen molar-refractivity contribution in [3.05, 3.63) is 78.4 Å². The van der Waals surface area contributed by atoms with Gasteiger partial charge in [-0.1, -0.05) is 24.3 Å². The number of aliphatic imine (C=N–C) groups is 1. The van der Waals surface area contributed by atoms with Gasteiger partial charge in [0.2, 0.25) is 0 Å². The van der Waals surface area contributed by atoms with Crippen LogP contribution in [0.15, 0.2) is 77.8 Å². The highest BCUT2D eigenvalue weighted by atomic mass is 16.5. The van der Waals surface area contributed by atoms with E-state index in [2.05, 4.69) is 10.3 Å². The number of anilines is 2. The lowest BCUT2D eigenvalue weighted by atomic mass is 10.2. The van der Waals surface area contributed by atoms with Crippen LogP contribution < -0.4 is 10.1 Å². The predicted molar refractivity (Wildman–Crippen MR) is 98.1 cm³/mol. The second kappa shape index (κ2) is 7.33. The van der Waals surface area contributed by atoms with Crippen molar-refractivity contribution in [2.24, 2.45) is 4.99 Å². The quantitative estimate of drug-likeness (QED) is 0.658. The fourth-order valence-electron chi connectivity index (χ4n) is 2.26. The molecule has 0 unspecified atom stereocenters. The monoisotopic (exact) mass is 318 g/mol. The van der Waals surface area contributed by atoms with Gasteiger partial charge in [0, 0.05) is 23.2 Å². The predicted octanol–water partition coefficient (Wildman–Crippen LogP) is 4.90. The van der Waals surface area contributed by atoms with Gasteiger partial charge in [-0.3, -0.25) is 4.99 Å². The van der Waals surface area contributed by atoms with E-state index in [1.54, 1.807) is 31.5 Å². The molecule has 2 N–H and O–H groups in total. The van der Waals surface area contributed by atoms with E-state index in [1.165, 1.54) is 0 Å². The number of hydrogen-bond acceptors (Lipinski definition) is 4. The molecule has 4 nitrogen and oxygen atoms in total.